The van der Waals surface area contributed by atoms with Crippen LogP contribution in [0.3, 0.4) is 0 Å². The first-order chi connectivity index (χ1) is 40.3. The summed E-state index contributed by atoms with van der Waals surface area (Å²) < 4.78 is 79.3. The molecule has 0 aliphatic carbocycles. The smallest absolute Gasteiger partial charge is 0.407 e. The summed E-state index contributed by atoms with van der Waals surface area (Å²) in [5, 5.41) is 10.6. The Balaban J connectivity index is 0.000000407. The van der Waals surface area contributed by atoms with Crippen molar-refractivity contribution in [2.24, 2.45) is 11.5 Å². The van der Waals surface area contributed by atoms with Crippen LogP contribution in [0.2, 0.25) is 0 Å². The standard InChI is InChI=1S/C22H29N2O6P.C16H18NO5P.C14H23N2O4P.C6H13NO2/c1-3-20(21(25)28-4-2)24-31(27,30-19-13-9-6-10-14-19)16-15-23-22(26)29-17-18-11-7-5-8-12-18;18-16(21-13-14-7-3-1-4-8-14)17-11-12-23(19,20)22-15-9-5-2-6-10-15;1-3-13(14(17)19-4-2)16-21(18,11-10-15)20-12-8-6-5-7-9-12;1-3-5(7)6(8)9-4-2/h5-14,20H,3-4,15-17H2,1-2H3,(H,23,26)(H,24,27);1-10H,11-13H2,(H,17,18)(H,19,20);5-9,13H,3-4,10-11,15H2,1-2H3,(H,16,18);5H,3-4,7H2,1-2H3/t20-,31?;;13-,21?;5-/m0.00/s1. The summed E-state index contributed by atoms with van der Waals surface area (Å²) in [7, 11) is -10.6. The number of ether oxygens (including phenoxy) is 5. The van der Waals surface area contributed by atoms with Crippen molar-refractivity contribution in [1.82, 2.24) is 20.8 Å². The van der Waals surface area contributed by atoms with E-state index in [1.807, 2.05) is 86.6 Å². The van der Waals surface area contributed by atoms with Gasteiger partial charge in [0.15, 0.2) is 0 Å². The Kier molecular flexibility index (Phi) is 36.4. The van der Waals surface area contributed by atoms with Gasteiger partial charge in [-0.3, -0.25) is 23.5 Å². The van der Waals surface area contributed by atoms with E-state index in [2.05, 4.69) is 25.5 Å². The highest BCUT2D eigenvalue weighted by Gasteiger charge is 2.33. The van der Waals surface area contributed by atoms with E-state index >= 15 is 0 Å². The van der Waals surface area contributed by atoms with E-state index in [1.165, 1.54) is 0 Å². The van der Waals surface area contributed by atoms with Crippen LogP contribution in [0.25, 0.3) is 0 Å². The minimum atomic E-state index is -3.82. The predicted molar refractivity (Wildman–Crippen MR) is 322 cm³/mol. The highest BCUT2D eigenvalue weighted by Crippen LogP contribution is 2.45. The zero-order valence-electron chi connectivity index (χ0n) is 48.5. The van der Waals surface area contributed by atoms with Crippen molar-refractivity contribution in [3.8, 4) is 17.2 Å². The number of carbonyl (C=O) groups is 5. The summed E-state index contributed by atoms with van der Waals surface area (Å²) in [4.78, 5) is 67.8. The highest BCUT2D eigenvalue weighted by molar-refractivity contribution is 7.57. The second kappa shape index (κ2) is 41.9. The normalized spacial score (nSPS) is 13.6. The molecule has 462 valence electrons. The number of hydrogen-bond donors (Lipinski definition) is 7. The number of rotatable bonds is 31. The first kappa shape index (κ1) is 73.0. The largest absolute Gasteiger partial charge is 0.465 e. The molecular formula is C58H83N6O17P3. The number of nitrogens with one attached hydrogen (secondary N) is 4. The van der Waals surface area contributed by atoms with E-state index in [-0.39, 0.29) is 70.5 Å². The van der Waals surface area contributed by atoms with Gasteiger partial charge in [-0.05, 0) is 87.6 Å². The zero-order valence-corrected chi connectivity index (χ0v) is 51.2. The third-order valence-corrected chi connectivity index (χ3v) is 16.2. The molecule has 0 heterocycles. The Hall–Kier alpha value is -7.06. The number of alkyl carbamates (subject to hydrolysis) is 2. The van der Waals surface area contributed by atoms with E-state index in [4.69, 9.17) is 44.0 Å². The monoisotopic (exact) mass is 1230 g/mol. The van der Waals surface area contributed by atoms with Crippen LogP contribution >= 0.6 is 22.6 Å². The average Bonchev–Trinajstić information content (AvgIpc) is 3.51. The molecule has 5 aromatic carbocycles. The van der Waals surface area contributed by atoms with Gasteiger partial charge in [-0.25, -0.2) is 24.3 Å². The number of amides is 2. The first-order valence-corrected chi connectivity index (χ1v) is 32.8. The second-order valence-corrected chi connectivity index (χ2v) is 24.0. The van der Waals surface area contributed by atoms with E-state index in [9.17, 15) is 42.6 Å². The highest BCUT2D eigenvalue weighted by atomic mass is 31.2. The molecular weight excluding hydrogens is 1150 g/mol. The maximum Gasteiger partial charge on any atom is 0.407 e. The summed E-state index contributed by atoms with van der Waals surface area (Å²) in [5.74, 6) is -0.0693. The number of hydrogen-bond acceptors (Lipinski definition) is 18. The van der Waals surface area contributed by atoms with Gasteiger partial charge in [0.05, 0.1) is 38.3 Å². The van der Waals surface area contributed by atoms with Gasteiger partial charge < -0.3 is 64.2 Å². The van der Waals surface area contributed by atoms with Crippen molar-refractivity contribution in [3.63, 3.8) is 0 Å². The molecule has 0 aliphatic heterocycles. The Labute approximate surface area is 493 Å². The minimum Gasteiger partial charge on any atom is -0.465 e. The SMILES string of the molecule is CCOC(=O)[C@@H](N)CC.CCOC(=O)[C@H](CC)NP(=O)(CCN)Oc1ccccc1.CCOC(=O)[C@H](CC)NP(=O)(CCNC(=O)OCc1ccccc1)Oc1ccccc1.O=C(NCCP(=O)(O)Oc1ccccc1)OCc1ccccc1. The molecule has 0 fully saturated rings. The molecule has 26 heteroatoms. The Morgan fingerprint density at radius 1 is 0.452 bits per heavy atom. The fourth-order valence-corrected chi connectivity index (χ4v) is 11.3. The zero-order chi connectivity index (χ0) is 62.1. The molecule has 23 nitrogen and oxygen atoms in total. The minimum absolute atomic E-state index is 0.0196. The van der Waals surface area contributed by atoms with Gasteiger partial charge in [0, 0.05) is 19.6 Å². The number of benzene rings is 5. The molecule has 5 rings (SSSR count). The molecule has 3 unspecified atom stereocenters. The van der Waals surface area contributed by atoms with Gasteiger partial charge in [0.1, 0.15) is 48.6 Å². The third kappa shape index (κ3) is 32.1. The van der Waals surface area contributed by atoms with Crippen LogP contribution < -0.4 is 45.8 Å². The lowest BCUT2D eigenvalue weighted by Gasteiger charge is -2.25. The van der Waals surface area contributed by atoms with Crippen LogP contribution in [-0.4, -0.2) is 111 Å². The third-order valence-electron chi connectivity index (χ3n) is 10.9. The fraction of sp³-hybridized carbons (Fsp3) is 0.397. The maximum absolute atomic E-state index is 13.5. The van der Waals surface area contributed by atoms with E-state index in [0.717, 1.165) is 11.1 Å². The number of carbonyl (C=O) groups excluding carboxylic acids is 5. The fourth-order valence-electron chi connectivity index (χ4n) is 6.59. The number of nitrogens with two attached hydrogens (primary N) is 2. The van der Waals surface area contributed by atoms with Crippen molar-refractivity contribution in [1.29, 1.82) is 0 Å². The van der Waals surface area contributed by atoms with Crippen LogP contribution in [0, 0.1) is 0 Å². The van der Waals surface area contributed by atoms with Crippen LogP contribution in [0.15, 0.2) is 152 Å². The van der Waals surface area contributed by atoms with Crippen LogP contribution in [0.1, 0.15) is 71.9 Å². The number of para-hydroxylation sites is 3. The van der Waals surface area contributed by atoms with Gasteiger partial charge in [-0.2, -0.15) is 0 Å². The molecule has 5 aromatic rings. The second-order valence-electron chi connectivity index (χ2n) is 17.6. The van der Waals surface area contributed by atoms with Gasteiger partial charge in [-0.1, -0.05) is 136 Å². The lowest BCUT2D eigenvalue weighted by molar-refractivity contribution is -0.146. The Morgan fingerprint density at radius 2 is 0.786 bits per heavy atom. The molecule has 0 saturated heterocycles. The van der Waals surface area contributed by atoms with Crippen LogP contribution in [-0.2, 0) is 65.0 Å². The molecule has 0 aromatic heterocycles. The van der Waals surface area contributed by atoms with Crippen molar-refractivity contribution < 1.29 is 79.8 Å². The summed E-state index contributed by atoms with van der Waals surface area (Å²) >= 11 is 0. The van der Waals surface area contributed by atoms with Crippen molar-refractivity contribution >= 4 is 52.7 Å². The summed E-state index contributed by atoms with van der Waals surface area (Å²) in [6.07, 6.45) is 0.0668. The molecule has 0 bridgehead atoms. The van der Waals surface area contributed by atoms with Gasteiger partial charge in [0.2, 0.25) is 0 Å². The maximum atomic E-state index is 13.5. The molecule has 0 radical (unpaired) electrons. The van der Waals surface area contributed by atoms with Gasteiger partial charge >= 0.3 is 52.7 Å². The Bertz CT molecular complexity index is 2780. The number of esters is 3. The predicted octanol–water partition coefficient (Wildman–Crippen LogP) is 9.73. The molecule has 9 N–H and O–H groups in total. The van der Waals surface area contributed by atoms with Crippen molar-refractivity contribution in [3.05, 3.63) is 163 Å². The summed E-state index contributed by atoms with van der Waals surface area (Å²) in [6, 6.07) is 42.4. The van der Waals surface area contributed by atoms with Crippen LogP contribution in [0.5, 0.6) is 17.2 Å². The van der Waals surface area contributed by atoms with Gasteiger partial charge in [-0.15, -0.1) is 0 Å². The molecule has 0 spiro atoms. The van der Waals surface area contributed by atoms with Crippen molar-refractivity contribution in [2.45, 2.75) is 92.1 Å². The van der Waals surface area contributed by atoms with E-state index < -0.39 is 64.9 Å². The quantitative estimate of drug-likeness (QED) is 0.0123. The first-order valence-electron chi connectivity index (χ1n) is 27.4. The van der Waals surface area contributed by atoms with Crippen LogP contribution in [0.4, 0.5) is 9.59 Å². The Morgan fingerprint density at radius 3 is 1.13 bits per heavy atom. The van der Waals surface area contributed by atoms with Crippen molar-refractivity contribution in [2.75, 3.05) is 57.9 Å². The van der Waals surface area contributed by atoms with Gasteiger partial charge in [0.25, 0.3) is 0 Å². The van der Waals surface area contributed by atoms with E-state index in [0.29, 0.717) is 43.1 Å². The molecule has 84 heavy (non-hydrogen) atoms. The molecule has 2 amide bonds. The lowest BCUT2D eigenvalue weighted by atomic mass is 10.2. The van der Waals surface area contributed by atoms with E-state index in [1.54, 1.807) is 107 Å². The topological polar surface area (TPSA) is 331 Å². The lowest BCUT2D eigenvalue weighted by Crippen LogP contribution is -2.38. The summed E-state index contributed by atoms with van der Waals surface area (Å²) in [6.45, 7) is 12.0. The molecule has 0 aliphatic rings. The molecule has 0 saturated carbocycles. The molecule has 6 atom stereocenters. The average molecular weight is 1230 g/mol. The summed E-state index contributed by atoms with van der Waals surface area (Å²) in [5.41, 5.74) is 12.6.